The Morgan fingerprint density at radius 3 is 2.28 bits per heavy atom. The first-order valence-electron chi connectivity index (χ1n) is 10.8. The lowest BCUT2D eigenvalue weighted by Gasteiger charge is -2.40. The van der Waals surface area contributed by atoms with Gasteiger partial charge < -0.3 is 18.9 Å². The van der Waals surface area contributed by atoms with E-state index < -0.39 is 11.1 Å². The summed E-state index contributed by atoms with van der Waals surface area (Å²) >= 11 is 0. The van der Waals surface area contributed by atoms with Gasteiger partial charge in [-0.2, -0.15) is 0 Å². The van der Waals surface area contributed by atoms with Gasteiger partial charge in [0.15, 0.2) is 0 Å². The van der Waals surface area contributed by atoms with Crippen LogP contribution in [0.15, 0.2) is 33.9 Å². The number of benzene rings is 1. The normalized spacial score (nSPS) is 19.0. The van der Waals surface area contributed by atoms with Crippen LogP contribution in [0.5, 0.6) is 0 Å². The van der Waals surface area contributed by atoms with Crippen molar-refractivity contribution in [3.63, 3.8) is 0 Å². The van der Waals surface area contributed by atoms with Gasteiger partial charge in [-0.25, -0.2) is 0 Å². The first kappa shape index (κ1) is 19.9. The molecule has 0 atom stereocenters. The van der Waals surface area contributed by atoms with E-state index in [9.17, 15) is 14.4 Å². The van der Waals surface area contributed by atoms with Crippen molar-refractivity contribution in [3.8, 4) is 0 Å². The standard InChI is InChI=1S/C22H30N4O3/c1-23-18-7-3-4-8-19(18)26(22(29)21(23)28)16-11-20(27)25-14-9-17(10-15-25)24-12-5-2-6-13-24/h3-4,7-8,17H,2,5-6,9-16H2,1H3. The van der Waals surface area contributed by atoms with Gasteiger partial charge in [-0.15, -0.1) is 0 Å². The van der Waals surface area contributed by atoms with Crippen LogP contribution >= 0.6 is 0 Å². The summed E-state index contributed by atoms with van der Waals surface area (Å²) in [4.78, 5) is 42.1. The number of aryl methyl sites for hydroxylation is 2. The summed E-state index contributed by atoms with van der Waals surface area (Å²) in [6.45, 7) is 4.19. The number of likely N-dealkylation sites (tertiary alicyclic amines) is 2. The Balaban J connectivity index is 1.41. The number of carbonyl (C=O) groups is 1. The number of aromatic nitrogens is 2. The van der Waals surface area contributed by atoms with E-state index in [4.69, 9.17) is 0 Å². The van der Waals surface area contributed by atoms with E-state index in [-0.39, 0.29) is 18.9 Å². The first-order valence-corrected chi connectivity index (χ1v) is 10.8. The van der Waals surface area contributed by atoms with Crippen LogP contribution in [-0.4, -0.2) is 57.1 Å². The van der Waals surface area contributed by atoms with Crippen molar-refractivity contribution in [3.05, 3.63) is 45.0 Å². The lowest BCUT2D eigenvalue weighted by atomic mass is 10.00. The van der Waals surface area contributed by atoms with Crippen molar-refractivity contribution in [2.45, 2.75) is 51.1 Å². The quantitative estimate of drug-likeness (QED) is 0.733. The molecule has 1 aromatic heterocycles. The smallest absolute Gasteiger partial charge is 0.316 e. The zero-order chi connectivity index (χ0) is 20.4. The van der Waals surface area contributed by atoms with Crippen LogP contribution in [0, 0.1) is 0 Å². The third-order valence-corrected chi connectivity index (χ3v) is 6.54. The van der Waals surface area contributed by atoms with Gasteiger partial charge in [0.05, 0.1) is 11.0 Å². The molecule has 7 nitrogen and oxygen atoms in total. The topological polar surface area (TPSA) is 67.5 Å². The summed E-state index contributed by atoms with van der Waals surface area (Å²) in [7, 11) is 1.61. The third kappa shape index (κ3) is 4.01. The summed E-state index contributed by atoms with van der Waals surface area (Å²) < 4.78 is 2.83. The van der Waals surface area contributed by atoms with E-state index in [2.05, 4.69) is 4.90 Å². The van der Waals surface area contributed by atoms with Crippen LogP contribution in [0.3, 0.4) is 0 Å². The molecule has 2 aliphatic heterocycles. The highest BCUT2D eigenvalue weighted by molar-refractivity contribution is 5.77. The fourth-order valence-corrected chi connectivity index (χ4v) is 4.81. The Kier molecular flexibility index (Phi) is 5.85. The SMILES string of the molecule is Cn1c(=O)c(=O)n(CCC(=O)N2CCC(N3CCCCC3)CC2)c2ccccc21. The molecule has 4 rings (SSSR count). The van der Waals surface area contributed by atoms with E-state index in [1.54, 1.807) is 7.05 Å². The molecule has 0 spiro atoms. The fourth-order valence-electron chi connectivity index (χ4n) is 4.81. The Bertz CT molecular complexity index is 995. The van der Waals surface area contributed by atoms with Gasteiger partial charge in [-0.1, -0.05) is 18.6 Å². The maximum atomic E-state index is 12.8. The second-order valence-electron chi connectivity index (χ2n) is 8.27. The van der Waals surface area contributed by atoms with Crippen molar-refractivity contribution in [2.24, 2.45) is 7.05 Å². The number of fused-ring (bicyclic) bond motifs is 1. The molecule has 0 bridgehead atoms. The molecule has 7 heteroatoms. The van der Waals surface area contributed by atoms with Gasteiger partial charge in [0.2, 0.25) is 5.91 Å². The molecule has 2 fully saturated rings. The average molecular weight is 399 g/mol. The molecule has 3 heterocycles. The van der Waals surface area contributed by atoms with E-state index in [0.717, 1.165) is 25.9 Å². The lowest BCUT2D eigenvalue weighted by Crippen LogP contribution is -2.48. The van der Waals surface area contributed by atoms with Crippen molar-refractivity contribution >= 4 is 16.9 Å². The molecule has 156 valence electrons. The molecule has 2 saturated heterocycles. The van der Waals surface area contributed by atoms with Crippen molar-refractivity contribution < 1.29 is 4.79 Å². The van der Waals surface area contributed by atoms with Crippen molar-refractivity contribution in [2.75, 3.05) is 26.2 Å². The molecule has 0 aliphatic carbocycles. The molecule has 0 radical (unpaired) electrons. The van der Waals surface area contributed by atoms with E-state index in [1.165, 1.54) is 41.5 Å². The highest BCUT2D eigenvalue weighted by Gasteiger charge is 2.27. The predicted molar refractivity (Wildman–Crippen MR) is 113 cm³/mol. The largest absolute Gasteiger partial charge is 0.343 e. The number of amides is 1. The minimum Gasteiger partial charge on any atom is -0.343 e. The number of rotatable bonds is 4. The molecule has 0 N–H and O–H groups in total. The zero-order valence-corrected chi connectivity index (χ0v) is 17.2. The van der Waals surface area contributed by atoms with Crippen LogP contribution in [0.1, 0.15) is 38.5 Å². The highest BCUT2D eigenvalue weighted by Crippen LogP contribution is 2.21. The number of carbonyl (C=O) groups excluding carboxylic acids is 1. The third-order valence-electron chi connectivity index (χ3n) is 6.54. The van der Waals surface area contributed by atoms with Gasteiger partial charge in [0, 0.05) is 39.1 Å². The Morgan fingerprint density at radius 1 is 0.931 bits per heavy atom. The minimum absolute atomic E-state index is 0.0683. The summed E-state index contributed by atoms with van der Waals surface area (Å²) in [5.74, 6) is 0.0683. The number of hydrogen-bond donors (Lipinski definition) is 0. The van der Waals surface area contributed by atoms with E-state index in [1.807, 2.05) is 29.2 Å². The number of para-hydroxylation sites is 2. The maximum absolute atomic E-state index is 12.8. The predicted octanol–water partition coefficient (Wildman–Crippen LogP) is 1.57. The van der Waals surface area contributed by atoms with E-state index >= 15 is 0 Å². The van der Waals surface area contributed by atoms with Gasteiger partial charge >= 0.3 is 11.1 Å². The average Bonchev–Trinajstić information content (AvgIpc) is 2.78. The summed E-state index contributed by atoms with van der Waals surface area (Å²) in [6, 6.07) is 7.93. The van der Waals surface area contributed by atoms with E-state index in [0.29, 0.717) is 17.1 Å². The first-order chi connectivity index (χ1) is 14.1. The molecular formula is C22H30N4O3. The molecule has 1 aromatic carbocycles. The molecule has 2 aromatic rings. The van der Waals surface area contributed by atoms with Crippen LogP contribution in [0.2, 0.25) is 0 Å². The maximum Gasteiger partial charge on any atom is 0.316 e. The molecular weight excluding hydrogens is 368 g/mol. The summed E-state index contributed by atoms with van der Waals surface area (Å²) in [6.07, 6.45) is 6.22. The van der Waals surface area contributed by atoms with Gasteiger partial charge in [-0.05, 0) is 50.9 Å². The van der Waals surface area contributed by atoms with Gasteiger partial charge in [-0.3, -0.25) is 14.4 Å². The number of hydrogen-bond acceptors (Lipinski definition) is 4. The lowest BCUT2D eigenvalue weighted by molar-refractivity contribution is -0.133. The summed E-state index contributed by atoms with van der Waals surface area (Å²) in [5.41, 5.74) is 0.268. The highest BCUT2D eigenvalue weighted by atomic mass is 16.2. The second kappa shape index (κ2) is 8.53. The Labute approximate surface area is 170 Å². The van der Waals surface area contributed by atoms with Crippen LogP contribution in [-0.2, 0) is 18.4 Å². The summed E-state index contributed by atoms with van der Waals surface area (Å²) in [5, 5.41) is 0. The van der Waals surface area contributed by atoms with Crippen molar-refractivity contribution in [1.82, 2.24) is 18.9 Å². The Morgan fingerprint density at radius 2 is 1.59 bits per heavy atom. The van der Waals surface area contributed by atoms with Crippen LogP contribution in [0.25, 0.3) is 11.0 Å². The van der Waals surface area contributed by atoms with Crippen LogP contribution in [0.4, 0.5) is 0 Å². The molecule has 0 saturated carbocycles. The zero-order valence-electron chi connectivity index (χ0n) is 17.2. The van der Waals surface area contributed by atoms with Gasteiger partial charge in [0.1, 0.15) is 0 Å². The Hall–Kier alpha value is -2.41. The monoisotopic (exact) mass is 398 g/mol. The van der Waals surface area contributed by atoms with Crippen LogP contribution < -0.4 is 11.1 Å². The fraction of sp³-hybridized carbons (Fsp3) is 0.591. The van der Waals surface area contributed by atoms with Gasteiger partial charge in [0.25, 0.3) is 0 Å². The molecule has 29 heavy (non-hydrogen) atoms. The molecule has 1 amide bonds. The molecule has 2 aliphatic rings. The second-order valence-corrected chi connectivity index (χ2v) is 8.27. The minimum atomic E-state index is -0.567. The van der Waals surface area contributed by atoms with Crippen molar-refractivity contribution in [1.29, 1.82) is 0 Å². The molecule has 0 unspecified atom stereocenters. The number of piperidine rings is 2. The number of nitrogens with zero attached hydrogens (tertiary/aromatic N) is 4.